The van der Waals surface area contributed by atoms with Crippen molar-refractivity contribution in [3.8, 4) is 0 Å². The van der Waals surface area contributed by atoms with Crippen LogP contribution in [0.3, 0.4) is 0 Å². The van der Waals surface area contributed by atoms with Crippen LogP contribution in [0, 0.1) is 11.3 Å². The van der Waals surface area contributed by atoms with Gasteiger partial charge in [-0.05, 0) is 35.6 Å². The first-order valence-electron chi connectivity index (χ1n) is 6.00. The summed E-state index contributed by atoms with van der Waals surface area (Å²) in [4.78, 5) is 0.247. The molecule has 5 heteroatoms. The molecule has 3 N–H and O–H groups in total. The SMILES string of the molecule is CC(C)C(C)(C)CNS(=O)(=O)c1ccc(N)cc1. The number of hydrogen-bond donors (Lipinski definition) is 2. The lowest BCUT2D eigenvalue weighted by Gasteiger charge is -2.29. The number of sulfonamides is 1. The van der Waals surface area contributed by atoms with Crippen LogP contribution < -0.4 is 10.5 Å². The van der Waals surface area contributed by atoms with Gasteiger partial charge in [-0.2, -0.15) is 0 Å². The van der Waals surface area contributed by atoms with Gasteiger partial charge in [0.2, 0.25) is 10.0 Å². The average Bonchev–Trinajstić information content (AvgIpc) is 2.27. The van der Waals surface area contributed by atoms with Crippen molar-refractivity contribution in [2.45, 2.75) is 32.6 Å². The zero-order valence-electron chi connectivity index (χ0n) is 11.4. The summed E-state index contributed by atoms with van der Waals surface area (Å²) in [6, 6.07) is 6.20. The fourth-order valence-corrected chi connectivity index (χ4v) is 2.44. The second kappa shape index (κ2) is 5.28. The van der Waals surface area contributed by atoms with Crippen LogP contribution in [0.4, 0.5) is 5.69 Å². The van der Waals surface area contributed by atoms with Gasteiger partial charge in [-0.3, -0.25) is 0 Å². The van der Waals surface area contributed by atoms with Crippen molar-refractivity contribution >= 4 is 15.7 Å². The number of anilines is 1. The molecule has 102 valence electrons. The van der Waals surface area contributed by atoms with Crippen LogP contribution in [-0.4, -0.2) is 15.0 Å². The smallest absolute Gasteiger partial charge is 0.240 e. The van der Waals surface area contributed by atoms with Gasteiger partial charge in [0.15, 0.2) is 0 Å². The maximum absolute atomic E-state index is 12.1. The first kappa shape index (κ1) is 15.0. The molecule has 0 aliphatic rings. The van der Waals surface area contributed by atoms with Gasteiger partial charge in [0.05, 0.1) is 4.90 Å². The fourth-order valence-electron chi connectivity index (χ4n) is 1.22. The van der Waals surface area contributed by atoms with Crippen molar-refractivity contribution in [1.29, 1.82) is 0 Å². The lowest BCUT2D eigenvalue weighted by atomic mass is 9.81. The van der Waals surface area contributed by atoms with Crippen LogP contribution >= 0.6 is 0 Å². The monoisotopic (exact) mass is 270 g/mol. The van der Waals surface area contributed by atoms with Crippen LogP contribution in [0.2, 0.25) is 0 Å². The maximum Gasteiger partial charge on any atom is 0.240 e. The van der Waals surface area contributed by atoms with Crippen molar-refractivity contribution in [3.63, 3.8) is 0 Å². The molecule has 0 unspecified atom stereocenters. The summed E-state index contributed by atoms with van der Waals surface area (Å²) in [5.41, 5.74) is 6.01. The minimum Gasteiger partial charge on any atom is -0.399 e. The molecule has 0 aliphatic heterocycles. The Balaban J connectivity index is 2.81. The van der Waals surface area contributed by atoms with Gasteiger partial charge in [-0.1, -0.05) is 27.7 Å². The summed E-state index contributed by atoms with van der Waals surface area (Å²) in [6.45, 7) is 8.67. The zero-order valence-corrected chi connectivity index (χ0v) is 12.2. The molecule has 0 heterocycles. The van der Waals surface area contributed by atoms with E-state index >= 15 is 0 Å². The van der Waals surface area contributed by atoms with E-state index in [1.54, 1.807) is 12.1 Å². The predicted octanol–water partition coefficient (Wildman–Crippen LogP) is 2.23. The molecule has 4 nitrogen and oxygen atoms in total. The number of hydrogen-bond acceptors (Lipinski definition) is 3. The first-order chi connectivity index (χ1) is 8.15. The maximum atomic E-state index is 12.1. The Morgan fingerprint density at radius 1 is 1.22 bits per heavy atom. The van der Waals surface area contributed by atoms with Gasteiger partial charge < -0.3 is 5.73 Å². The highest BCUT2D eigenvalue weighted by Crippen LogP contribution is 2.25. The number of rotatable bonds is 5. The largest absolute Gasteiger partial charge is 0.399 e. The Hall–Kier alpha value is -1.07. The molecule has 0 saturated heterocycles. The second-order valence-corrected chi connectivity index (χ2v) is 7.30. The molecule has 0 atom stereocenters. The molecule has 1 aromatic rings. The van der Waals surface area contributed by atoms with Crippen molar-refractivity contribution in [2.24, 2.45) is 11.3 Å². The topological polar surface area (TPSA) is 72.2 Å². The molecule has 18 heavy (non-hydrogen) atoms. The number of nitrogens with one attached hydrogen (secondary N) is 1. The lowest BCUT2D eigenvalue weighted by molar-refractivity contribution is 0.252. The molecule has 0 bridgehead atoms. The predicted molar refractivity (Wildman–Crippen MR) is 74.7 cm³/mol. The molecule has 1 aromatic carbocycles. The van der Waals surface area contributed by atoms with Gasteiger partial charge in [0.1, 0.15) is 0 Å². The van der Waals surface area contributed by atoms with Crippen molar-refractivity contribution in [3.05, 3.63) is 24.3 Å². The summed E-state index contributed by atoms with van der Waals surface area (Å²) in [5, 5.41) is 0. The molecule has 0 spiro atoms. The minimum absolute atomic E-state index is 0.0825. The minimum atomic E-state index is -3.45. The van der Waals surface area contributed by atoms with Crippen molar-refractivity contribution in [2.75, 3.05) is 12.3 Å². The lowest BCUT2D eigenvalue weighted by Crippen LogP contribution is -2.36. The van der Waals surface area contributed by atoms with E-state index in [1.807, 2.05) is 13.8 Å². The van der Waals surface area contributed by atoms with E-state index in [1.165, 1.54) is 12.1 Å². The third kappa shape index (κ3) is 3.71. The first-order valence-corrected chi connectivity index (χ1v) is 7.49. The highest BCUT2D eigenvalue weighted by atomic mass is 32.2. The molecule has 1 rings (SSSR count). The van der Waals surface area contributed by atoms with E-state index < -0.39 is 10.0 Å². The second-order valence-electron chi connectivity index (χ2n) is 5.54. The summed E-state index contributed by atoms with van der Waals surface area (Å²) in [6.07, 6.45) is 0. The normalized spacial score (nSPS) is 12.9. The molecular weight excluding hydrogens is 248 g/mol. The Morgan fingerprint density at radius 2 is 1.72 bits per heavy atom. The fraction of sp³-hybridized carbons (Fsp3) is 0.538. The van der Waals surface area contributed by atoms with E-state index in [4.69, 9.17) is 5.73 Å². The van der Waals surface area contributed by atoms with Gasteiger partial charge >= 0.3 is 0 Å². The zero-order chi connectivity index (χ0) is 14.0. The van der Waals surface area contributed by atoms with Crippen molar-refractivity contribution < 1.29 is 8.42 Å². The van der Waals surface area contributed by atoms with Crippen LogP contribution in [0.5, 0.6) is 0 Å². The Bertz CT molecular complexity index is 490. The Kier molecular flexibility index (Phi) is 4.40. The third-order valence-corrected chi connectivity index (χ3v) is 4.89. The molecule has 0 aromatic heterocycles. The summed E-state index contributed by atoms with van der Waals surface area (Å²) in [7, 11) is -3.45. The van der Waals surface area contributed by atoms with Crippen LogP contribution in [0.1, 0.15) is 27.7 Å². The standard InChI is InChI=1S/C13H22N2O2S/c1-10(2)13(3,4)9-15-18(16,17)12-7-5-11(14)6-8-12/h5-8,10,15H,9,14H2,1-4H3. The Labute approximate surface area is 110 Å². The van der Waals surface area contributed by atoms with Gasteiger partial charge in [-0.15, -0.1) is 0 Å². The summed E-state index contributed by atoms with van der Waals surface area (Å²) < 4.78 is 26.8. The molecular formula is C13H22N2O2S. The molecule has 0 radical (unpaired) electrons. The molecule has 0 fully saturated rings. The molecule has 0 saturated carbocycles. The van der Waals surface area contributed by atoms with Crippen LogP contribution in [0.25, 0.3) is 0 Å². The van der Waals surface area contributed by atoms with E-state index in [9.17, 15) is 8.42 Å². The quantitative estimate of drug-likeness (QED) is 0.806. The number of nitrogens with two attached hydrogens (primary N) is 1. The number of nitrogen functional groups attached to an aromatic ring is 1. The highest BCUT2D eigenvalue weighted by Gasteiger charge is 2.25. The van der Waals surface area contributed by atoms with E-state index in [0.717, 1.165) is 0 Å². The van der Waals surface area contributed by atoms with Crippen LogP contribution in [-0.2, 0) is 10.0 Å². The summed E-state index contributed by atoms with van der Waals surface area (Å²) in [5.74, 6) is 0.395. The highest BCUT2D eigenvalue weighted by molar-refractivity contribution is 7.89. The van der Waals surface area contributed by atoms with Gasteiger partial charge in [0, 0.05) is 12.2 Å². The molecule has 0 aliphatic carbocycles. The number of benzene rings is 1. The Morgan fingerprint density at radius 3 is 2.17 bits per heavy atom. The van der Waals surface area contributed by atoms with Gasteiger partial charge in [-0.25, -0.2) is 13.1 Å². The van der Waals surface area contributed by atoms with Gasteiger partial charge in [0.25, 0.3) is 0 Å². The van der Waals surface area contributed by atoms with E-state index in [0.29, 0.717) is 18.2 Å². The third-order valence-electron chi connectivity index (χ3n) is 3.47. The molecule has 0 amide bonds. The average molecular weight is 270 g/mol. The van der Waals surface area contributed by atoms with E-state index in [-0.39, 0.29) is 10.3 Å². The van der Waals surface area contributed by atoms with Crippen LogP contribution in [0.15, 0.2) is 29.2 Å². The summed E-state index contributed by atoms with van der Waals surface area (Å²) >= 11 is 0. The van der Waals surface area contributed by atoms with Crippen molar-refractivity contribution in [1.82, 2.24) is 4.72 Å². The van der Waals surface area contributed by atoms with E-state index in [2.05, 4.69) is 18.6 Å².